The average Bonchev–Trinajstić information content (AvgIpc) is 2.87. The fraction of sp³-hybridized carbons (Fsp3) is 0.167. The fourth-order valence-electron chi connectivity index (χ4n) is 3.36. The molecular formula is C18H14O2. The van der Waals surface area contributed by atoms with Crippen molar-refractivity contribution in [2.75, 3.05) is 0 Å². The first-order valence-electron chi connectivity index (χ1n) is 6.90. The summed E-state index contributed by atoms with van der Waals surface area (Å²) in [5.41, 5.74) is 2.80. The molecule has 3 aromatic carbocycles. The summed E-state index contributed by atoms with van der Waals surface area (Å²) in [7, 11) is 0. The monoisotopic (exact) mass is 262 g/mol. The summed E-state index contributed by atoms with van der Waals surface area (Å²) in [6, 6.07) is 14.3. The van der Waals surface area contributed by atoms with E-state index in [-0.39, 0.29) is 12.4 Å². The highest BCUT2D eigenvalue weighted by atomic mass is 16.3. The Bertz CT molecular complexity index is 862. The minimum atomic E-state index is -0.0366. The maximum atomic E-state index is 12.0. The minimum absolute atomic E-state index is 0.0366. The van der Waals surface area contributed by atoms with Crippen molar-refractivity contribution in [3.8, 4) is 0 Å². The van der Waals surface area contributed by atoms with E-state index < -0.39 is 0 Å². The summed E-state index contributed by atoms with van der Waals surface area (Å²) in [5.74, 6) is 0.199. The number of rotatable bonds is 1. The Labute approximate surface area is 116 Å². The first-order valence-corrected chi connectivity index (χ1v) is 6.90. The van der Waals surface area contributed by atoms with Crippen LogP contribution in [0.3, 0.4) is 0 Å². The maximum Gasteiger partial charge on any atom is 0.163 e. The molecule has 0 atom stereocenters. The zero-order valence-corrected chi connectivity index (χ0v) is 11.0. The van der Waals surface area contributed by atoms with Gasteiger partial charge in [-0.05, 0) is 45.2 Å². The lowest BCUT2D eigenvalue weighted by Crippen LogP contribution is -1.97. The lowest BCUT2D eigenvalue weighted by Gasteiger charge is -2.12. The molecule has 0 spiro atoms. The van der Waals surface area contributed by atoms with Gasteiger partial charge in [0.1, 0.15) is 0 Å². The van der Waals surface area contributed by atoms with Crippen molar-refractivity contribution in [2.24, 2.45) is 0 Å². The first kappa shape index (κ1) is 11.6. The average molecular weight is 262 g/mol. The van der Waals surface area contributed by atoms with Crippen molar-refractivity contribution in [1.29, 1.82) is 0 Å². The molecule has 2 nitrogen and oxygen atoms in total. The number of Topliss-reactive ketones (excluding diaryl/α,β-unsaturated/α-hetero) is 1. The predicted octanol–water partition coefficient (Wildman–Crippen LogP) is 3.61. The molecule has 0 radical (unpaired) electrons. The number of hydrogen-bond donors (Lipinski definition) is 1. The number of fused-ring (bicyclic) bond motifs is 5. The summed E-state index contributed by atoms with van der Waals surface area (Å²) in [6.45, 7) is -0.0366. The summed E-state index contributed by atoms with van der Waals surface area (Å²) >= 11 is 0. The van der Waals surface area contributed by atoms with Crippen molar-refractivity contribution < 1.29 is 9.90 Å². The quantitative estimate of drug-likeness (QED) is 0.680. The molecule has 0 unspecified atom stereocenters. The number of hydrogen-bond acceptors (Lipinski definition) is 2. The van der Waals surface area contributed by atoms with Gasteiger partial charge in [0.25, 0.3) is 0 Å². The van der Waals surface area contributed by atoms with Gasteiger partial charge in [0.2, 0.25) is 0 Å². The summed E-state index contributed by atoms with van der Waals surface area (Å²) in [4.78, 5) is 12.0. The third kappa shape index (κ3) is 1.46. The minimum Gasteiger partial charge on any atom is -0.392 e. The van der Waals surface area contributed by atoms with Crippen molar-refractivity contribution >= 4 is 27.3 Å². The van der Waals surface area contributed by atoms with Crippen LogP contribution in [0.25, 0.3) is 21.5 Å². The van der Waals surface area contributed by atoms with E-state index in [9.17, 15) is 9.90 Å². The van der Waals surface area contributed by atoms with E-state index in [2.05, 4.69) is 24.3 Å². The molecule has 1 N–H and O–H groups in total. The predicted molar refractivity (Wildman–Crippen MR) is 80.0 cm³/mol. The van der Waals surface area contributed by atoms with Gasteiger partial charge in [-0.2, -0.15) is 0 Å². The van der Waals surface area contributed by atoms with Gasteiger partial charge in [0.05, 0.1) is 6.61 Å². The molecule has 3 aromatic rings. The van der Waals surface area contributed by atoms with Crippen LogP contribution in [0.1, 0.15) is 27.9 Å². The molecule has 0 aliphatic heterocycles. The van der Waals surface area contributed by atoms with Crippen molar-refractivity contribution in [2.45, 2.75) is 19.4 Å². The van der Waals surface area contributed by atoms with Crippen LogP contribution in [0.4, 0.5) is 0 Å². The highest BCUT2D eigenvalue weighted by Gasteiger charge is 2.23. The van der Waals surface area contributed by atoms with E-state index >= 15 is 0 Å². The van der Waals surface area contributed by atoms with Crippen LogP contribution in [0, 0.1) is 0 Å². The SMILES string of the molecule is O=C1CCc2c1cc(CO)c1c2ccc2ccccc21. The van der Waals surface area contributed by atoms with Crippen LogP contribution in [-0.2, 0) is 13.0 Å². The second kappa shape index (κ2) is 4.15. The third-order valence-corrected chi connectivity index (χ3v) is 4.29. The van der Waals surface area contributed by atoms with E-state index in [1.54, 1.807) is 0 Å². The Morgan fingerprint density at radius 2 is 1.85 bits per heavy atom. The van der Waals surface area contributed by atoms with E-state index in [1.807, 2.05) is 18.2 Å². The van der Waals surface area contributed by atoms with Crippen molar-refractivity contribution in [3.05, 3.63) is 59.2 Å². The highest BCUT2D eigenvalue weighted by molar-refractivity contribution is 6.14. The van der Waals surface area contributed by atoms with Crippen molar-refractivity contribution in [1.82, 2.24) is 0 Å². The Kier molecular flexibility index (Phi) is 2.41. The molecule has 2 heteroatoms. The lowest BCUT2D eigenvalue weighted by molar-refractivity contribution is 0.0994. The third-order valence-electron chi connectivity index (χ3n) is 4.29. The molecule has 0 saturated carbocycles. The summed E-state index contributed by atoms with van der Waals surface area (Å²) in [6.07, 6.45) is 1.40. The molecule has 20 heavy (non-hydrogen) atoms. The van der Waals surface area contributed by atoms with Crippen LogP contribution in [0.15, 0.2) is 42.5 Å². The number of aliphatic hydroxyl groups is 1. The summed E-state index contributed by atoms with van der Waals surface area (Å²) < 4.78 is 0. The maximum absolute atomic E-state index is 12.0. The number of carbonyl (C=O) groups excluding carboxylic acids is 1. The topological polar surface area (TPSA) is 37.3 Å². The summed E-state index contributed by atoms with van der Waals surface area (Å²) in [5, 5.41) is 14.2. The van der Waals surface area contributed by atoms with Crippen molar-refractivity contribution in [3.63, 3.8) is 0 Å². The highest BCUT2D eigenvalue weighted by Crippen LogP contribution is 2.36. The molecule has 1 aliphatic rings. The molecule has 0 amide bonds. The Hall–Kier alpha value is -2.19. The molecule has 98 valence electrons. The van der Waals surface area contributed by atoms with E-state index in [0.717, 1.165) is 39.3 Å². The number of ketones is 1. The van der Waals surface area contributed by atoms with Gasteiger partial charge >= 0.3 is 0 Å². The molecule has 1 aliphatic carbocycles. The van der Waals surface area contributed by atoms with Crippen LogP contribution >= 0.6 is 0 Å². The number of carbonyl (C=O) groups is 1. The van der Waals surface area contributed by atoms with Gasteiger partial charge in [-0.1, -0.05) is 36.4 Å². The van der Waals surface area contributed by atoms with E-state index in [4.69, 9.17) is 0 Å². The Morgan fingerprint density at radius 1 is 1.00 bits per heavy atom. The fourth-order valence-corrected chi connectivity index (χ4v) is 3.36. The molecule has 0 fully saturated rings. The van der Waals surface area contributed by atoms with Gasteiger partial charge in [0, 0.05) is 12.0 Å². The van der Waals surface area contributed by atoms with Gasteiger partial charge in [-0.25, -0.2) is 0 Å². The second-order valence-corrected chi connectivity index (χ2v) is 5.35. The zero-order chi connectivity index (χ0) is 13.7. The first-order chi connectivity index (χ1) is 9.79. The number of aliphatic hydroxyl groups excluding tert-OH is 1. The van der Waals surface area contributed by atoms with Gasteiger partial charge in [-0.3, -0.25) is 4.79 Å². The Morgan fingerprint density at radius 3 is 2.70 bits per heavy atom. The largest absolute Gasteiger partial charge is 0.392 e. The van der Waals surface area contributed by atoms with Crippen LogP contribution in [-0.4, -0.2) is 10.9 Å². The van der Waals surface area contributed by atoms with Crippen LogP contribution in [0.5, 0.6) is 0 Å². The normalized spacial score (nSPS) is 14.2. The van der Waals surface area contributed by atoms with Gasteiger partial charge in [-0.15, -0.1) is 0 Å². The number of benzene rings is 3. The molecule has 0 saturated heterocycles. The molecular weight excluding hydrogens is 248 g/mol. The Balaban J connectivity index is 2.24. The van der Waals surface area contributed by atoms with E-state index in [0.29, 0.717) is 6.42 Å². The van der Waals surface area contributed by atoms with Crippen LogP contribution < -0.4 is 0 Å². The molecule has 0 aromatic heterocycles. The van der Waals surface area contributed by atoms with Gasteiger partial charge < -0.3 is 5.11 Å². The standard InChI is InChI=1S/C18H14O2/c19-10-12-9-16-14(7-8-17(16)20)15-6-5-11-3-1-2-4-13(11)18(12)15/h1-6,9,19H,7-8,10H2. The van der Waals surface area contributed by atoms with E-state index in [1.165, 1.54) is 5.39 Å². The molecule has 0 heterocycles. The van der Waals surface area contributed by atoms with Gasteiger partial charge in [0.15, 0.2) is 5.78 Å². The molecule has 4 rings (SSSR count). The smallest absolute Gasteiger partial charge is 0.163 e. The number of aryl methyl sites for hydroxylation is 1. The van der Waals surface area contributed by atoms with Crippen LogP contribution in [0.2, 0.25) is 0 Å². The lowest BCUT2D eigenvalue weighted by atomic mass is 9.92. The second-order valence-electron chi connectivity index (χ2n) is 5.35. The zero-order valence-electron chi connectivity index (χ0n) is 11.0. The molecule has 0 bridgehead atoms.